The lowest BCUT2D eigenvalue weighted by Crippen LogP contribution is -2.37. The van der Waals surface area contributed by atoms with Gasteiger partial charge in [-0.3, -0.25) is 9.69 Å². The lowest BCUT2D eigenvalue weighted by atomic mass is 9.83. The summed E-state index contributed by atoms with van der Waals surface area (Å²) in [5.74, 6) is 0.410. The van der Waals surface area contributed by atoms with Crippen LogP contribution >= 0.6 is 0 Å². The van der Waals surface area contributed by atoms with Gasteiger partial charge in [0, 0.05) is 25.6 Å². The molecule has 0 spiro atoms. The van der Waals surface area contributed by atoms with Gasteiger partial charge in [-0.25, -0.2) is 0 Å². The number of nitrogens with zero attached hydrogens (tertiary/aromatic N) is 1. The van der Waals surface area contributed by atoms with Crippen molar-refractivity contribution in [1.82, 2.24) is 4.90 Å². The summed E-state index contributed by atoms with van der Waals surface area (Å²) in [6.45, 7) is 1.95. The van der Waals surface area contributed by atoms with Gasteiger partial charge in [0.25, 0.3) is 0 Å². The average molecular weight is 351 g/mol. The van der Waals surface area contributed by atoms with E-state index in [0.717, 1.165) is 38.8 Å². The van der Waals surface area contributed by atoms with Crippen molar-refractivity contribution in [2.24, 2.45) is 5.92 Å². The molecule has 138 valence electrons. The molecule has 0 radical (unpaired) electrons. The molecule has 2 aromatic carbocycles. The van der Waals surface area contributed by atoms with Gasteiger partial charge in [-0.15, -0.1) is 0 Å². The van der Waals surface area contributed by atoms with Crippen molar-refractivity contribution in [3.63, 3.8) is 0 Å². The van der Waals surface area contributed by atoms with Crippen LogP contribution in [-0.4, -0.2) is 24.0 Å². The highest BCUT2D eigenvalue weighted by molar-refractivity contribution is 5.69. The van der Waals surface area contributed by atoms with Gasteiger partial charge in [0.05, 0.1) is 7.11 Å². The SMILES string of the molecule is COC(=O)CC1CCC(N(Cc2ccccc2)Cc2ccccc2)CC1. The molecule has 0 bridgehead atoms. The minimum atomic E-state index is -0.0705. The number of hydrogen-bond acceptors (Lipinski definition) is 3. The number of carbonyl (C=O) groups is 1. The van der Waals surface area contributed by atoms with Crippen LogP contribution in [0.25, 0.3) is 0 Å². The third kappa shape index (κ3) is 5.43. The predicted octanol–water partition coefficient (Wildman–Crippen LogP) is 4.81. The van der Waals surface area contributed by atoms with Crippen LogP contribution in [-0.2, 0) is 22.6 Å². The second-order valence-corrected chi connectivity index (χ2v) is 7.33. The van der Waals surface area contributed by atoms with Crippen LogP contribution in [0, 0.1) is 5.92 Å². The molecule has 3 nitrogen and oxygen atoms in total. The van der Waals surface area contributed by atoms with E-state index >= 15 is 0 Å². The Kier molecular flexibility index (Phi) is 6.84. The number of carbonyl (C=O) groups excluding carboxylic acids is 1. The van der Waals surface area contributed by atoms with Crippen LogP contribution in [0.3, 0.4) is 0 Å². The zero-order valence-electron chi connectivity index (χ0n) is 15.6. The van der Waals surface area contributed by atoms with Gasteiger partial charge >= 0.3 is 5.97 Å². The van der Waals surface area contributed by atoms with Gasteiger partial charge in [-0.05, 0) is 42.7 Å². The van der Waals surface area contributed by atoms with E-state index in [9.17, 15) is 4.79 Å². The number of methoxy groups -OCH3 is 1. The van der Waals surface area contributed by atoms with E-state index in [2.05, 4.69) is 65.6 Å². The molecule has 0 aromatic heterocycles. The second-order valence-electron chi connectivity index (χ2n) is 7.33. The maximum atomic E-state index is 11.5. The number of hydrogen-bond donors (Lipinski definition) is 0. The number of ether oxygens (including phenoxy) is 1. The smallest absolute Gasteiger partial charge is 0.305 e. The van der Waals surface area contributed by atoms with Crippen LogP contribution in [0.2, 0.25) is 0 Å². The molecule has 0 aliphatic heterocycles. The largest absolute Gasteiger partial charge is 0.469 e. The Morgan fingerprint density at radius 3 is 1.85 bits per heavy atom. The molecule has 1 saturated carbocycles. The maximum Gasteiger partial charge on any atom is 0.305 e. The van der Waals surface area contributed by atoms with Gasteiger partial charge in [-0.2, -0.15) is 0 Å². The quantitative estimate of drug-likeness (QED) is 0.670. The van der Waals surface area contributed by atoms with Crippen LogP contribution in [0.5, 0.6) is 0 Å². The molecule has 0 atom stereocenters. The third-order valence-corrected chi connectivity index (χ3v) is 5.47. The van der Waals surface area contributed by atoms with Crippen LogP contribution in [0.4, 0.5) is 0 Å². The summed E-state index contributed by atoms with van der Waals surface area (Å²) in [6.07, 6.45) is 5.10. The Bertz CT molecular complexity index is 622. The van der Waals surface area contributed by atoms with E-state index in [0.29, 0.717) is 18.4 Å². The summed E-state index contributed by atoms with van der Waals surface area (Å²) in [5, 5.41) is 0. The lowest BCUT2D eigenvalue weighted by Gasteiger charge is -2.37. The first kappa shape index (κ1) is 18.7. The van der Waals surface area contributed by atoms with Gasteiger partial charge in [0.2, 0.25) is 0 Å². The van der Waals surface area contributed by atoms with Gasteiger partial charge in [0.1, 0.15) is 0 Å². The molecule has 1 aliphatic rings. The van der Waals surface area contributed by atoms with Crippen molar-refractivity contribution in [3.8, 4) is 0 Å². The molecule has 0 unspecified atom stereocenters. The summed E-state index contributed by atoms with van der Waals surface area (Å²) >= 11 is 0. The van der Waals surface area contributed by atoms with Crippen LogP contribution < -0.4 is 0 Å². The minimum Gasteiger partial charge on any atom is -0.469 e. The molecule has 0 heterocycles. The van der Waals surface area contributed by atoms with Crippen molar-refractivity contribution in [2.75, 3.05) is 7.11 Å². The van der Waals surface area contributed by atoms with Gasteiger partial charge in [0.15, 0.2) is 0 Å². The topological polar surface area (TPSA) is 29.5 Å². The Balaban J connectivity index is 1.64. The molecule has 26 heavy (non-hydrogen) atoms. The summed E-state index contributed by atoms with van der Waals surface area (Å²) < 4.78 is 4.84. The highest BCUT2D eigenvalue weighted by Gasteiger charge is 2.27. The zero-order valence-corrected chi connectivity index (χ0v) is 15.6. The summed E-state index contributed by atoms with van der Waals surface area (Å²) in [4.78, 5) is 14.2. The Morgan fingerprint density at radius 2 is 1.38 bits per heavy atom. The average Bonchev–Trinajstić information content (AvgIpc) is 2.69. The number of rotatable bonds is 7. The van der Waals surface area contributed by atoms with E-state index < -0.39 is 0 Å². The monoisotopic (exact) mass is 351 g/mol. The van der Waals surface area contributed by atoms with Crippen molar-refractivity contribution in [1.29, 1.82) is 0 Å². The fraction of sp³-hybridized carbons (Fsp3) is 0.435. The molecule has 0 saturated heterocycles. The molecular weight excluding hydrogens is 322 g/mol. The minimum absolute atomic E-state index is 0.0705. The van der Waals surface area contributed by atoms with Crippen LogP contribution in [0.1, 0.15) is 43.2 Å². The predicted molar refractivity (Wildman–Crippen MR) is 105 cm³/mol. The molecule has 1 fully saturated rings. The van der Waals surface area contributed by atoms with Crippen LogP contribution in [0.15, 0.2) is 60.7 Å². The van der Waals surface area contributed by atoms with Crippen molar-refractivity contribution in [3.05, 3.63) is 71.8 Å². The first-order chi connectivity index (χ1) is 12.7. The van der Waals surface area contributed by atoms with E-state index in [4.69, 9.17) is 4.74 Å². The first-order valence-electron chi connectivity index (χ1n) is 9.63. The fourth-order valence-electron chi connectivity index (χ4n) is 3.98. The highest BCUT2D eigenvalue weighted by atomic mass is 16.5. The number of benzene rings is 2. The molecule has 3 rings (SSSR count). The standard InChI is InChI=1S/C23H29NO2/c1-26-23(25)16-19-12-14-22(15-13-19)24(17-20-8-4-2-5-9-20)18-21-10-6-3-7-11-21/h2-11,19,22H,12-18H2,1H3. The zero-order chi connectivity index (χ0) is 18.2. The molecule has 3 heteroatoms. The summed E-state index contributed by atoms with van der Waals surface area (Å²) in [5.41, 5.74) is 2.72. The molecule has 2 aromatic rings. The number of esters is 1. The maximum absolute atomic E-state index is 11.5. The van der Waals surface area contributed by atoms with Gasteiger partial charge < -0.3 is 4.74 Å². The molecule has 1 aliphatic carbocycles. The summed E-state index contributed by atoms with van der Waals surface area (Å²) in [7, 11) is 1.48. The normalized spacial score (nSPS) is 20.1. The third-order valence-electron chi connectivity index (χ3n) is 5.47. The van der Waals surface area contributed by atoms with Crippen molar-refractivity contribution in [2.45, 2.75) is 51.2 Å². The van der Waals surface area contributed by atoms with E-state index in [1.54, 1.807) is 0 Å². The van der Waals surface area contributed by atoms with Gasteiger partial charge in [-0.1, -0.05) is 60.7 Å². The van der Waals surface area contributed by atoms with E-state index in [1.165, 1.54) is 18.2 Å². The Labute approximate surface area is 157 Å². The van der Waals surface area contributed by atoms with E-state index in [1.807, 2.05) is 0 Å². The lowest BCUT2D eigenvalue weighted by molar-refractivity contribution is -0.142. The van der Waals surface area contributed by atoms with Crippen molar-refractivity contribution < 1.29 is 9.53 Å². The van der Waals surface area contributed by atoms with Crippen molar-refractivity contribution >= 4 is 5.97 Å². The van der Waals surface area contributed by atoms with E-state index in [-0.39, 0.29) is 5.97 Å². The first-order valence-corrected chi connectivity index (χ1v) is 9.63. The molecule has 0 amide bonds. The second kappa shape index (κ2) is 9.54. The Hall–Kier alpha value is -2.13. The Morgan fingerprint density at radius 1 is 0.885 bits per heavy atom. The highest BCUT2D eigenvalue weighted by Crippen LogP contribution is 2.31. The summed E-state index contributed by atoms with van der Waals surface area (Å²) in [6, 6.07) is 22.0. The molecule has 0 N–H and O–H groups in total. The fourth-order valence-corrected chi connectivity index (χ4v) is 3.98. The molecular formula is C23H29NO2.